The zero-order valence-electron chi connectivity index (χ0n) is 8.20. The van der Waals surface area contributed by atoms with Gasteiger partial charge in [-0.15, -0.1) is 25.3 Å². The van der Waals surface area contributed by atoms with E-state index in [1.165, 1.54) is 0 Å². The van der Waals surface area contributed by atoms with Gasteiger partial charge in [0, 0.05) is 9.79 Å². The van der Waals surface area contributed by atoms with Crippen molar-refractivity contribution in [2.24, 2.45) is 0 Å². The van der Waals surface area contributed by atoms with Gasteiger partial charge in [0.1, 0.15) is 0 Å². The van der Waals surface area contributed by atoms with Crippen LogP contribution >= 0.6 is 25.3 Å². The third-order valence-corrected chi connectivity index (χ3v) is 1.45. The van der Waals surface area contributed by atoms with Crippen LogP contribution in [-0.2, 0) is 0 Å². The van der Waals surface area contributed by atoms with Crippen LogP contribution in [0, 0.1) is 0 Å². The smallest absolute Gasteiger partial charge is 1.00 e. The second-order valence-corrected chi connectivity index (χ2v) is 2.55. The average molecular weight is 190 g/mol. The Balaban J connectivity index is -0.0000000800. The van der Waals surface area contributed by atoms with E-state index in [0.717, 1.165) is 9.79 Å². The van der Waals surface area contributed by atoms with E-state index in [4.69, 9.17) is 0 Å². The summed E-state index contributed by atoms with van der Waals surface area (Å²) in [4.78, 5) is 1.95. The summed E-state index contributed by atoms with van der Waals surface area (Å²) in [5, 5.41) is 0. The van der Waals surface area contributed by atoms with E-state index < -0.39 is 0 Å². The molecule has 0 heterocycles. The van der Waals surface area contributed by atoms with E-state index >= 15 is 0 Å². The minimum atomic E-state index is 0. The predicted octanol–water partition coefficient (Wildman–Crippen LogP) is -3.50. The van der Waals surface area contributed by atoms with Crippen LogP contribution in [0.1, 0.15) is 2.85 Å². The summed E-state index contributed by atoms with van der Waals surface area (Å²) in [6.07, 6.45) is 0. The Morgan fingerprint density at radius 2 is 1.00 bits per heavy atom. The summed E-state index contributed by atoms with van der Waals surface area (Å²) in [5.74, 6) is 0. The zero-order valence-corrected chi connectivity index (χ0v) is 12.0. The van der Waals surface area contributed by atoms with Crippen LogP contribution in [0.5, 0.6) is 0 Å². The zero-order chi connectivity index (χ0) is 5.98. The molecule has 0 saturated heterocycles. The number of hydrogen-bond donors (Lipinski definition) is 2. The normalized spacial score (nSPS) is 7.40. The van der Waals surface area contributed by atoms with Crippen LogP contribution in [0.4, 0.5) is 0 Å². The molecule has 0 N–H and O–H groups in total. The Kier molecular flexibility index (Phi) is 10.9. The first-order chi connectivity index (χ1) is 3.79. The molecule has 0 nitrogen and oxygen atoms in total. The summed E-state index contributed by atoms with van der Waals surface area (Å²) in [6.45, 7) is 0. The topological polar surface area (TPSA) is 0 Å². The van der Waals surface area contributed by atoms with Crippen molar-refractivity contribution in [1.29, 1.82) is 0 Å². The Bertz CT molecular complexity index is 160. The van der Waals surface area contributed by atoms with Gasteiger partial charge < -0.3 is 2.85 Å². The number of thiol groups is 2. The maximum atomic E-state index is 4.10. The minimum absolute atomic E-state index is 0. The van der Waals surface area contributed by atoms with Gasteiger partial charge in [-0.1, -0.05) is 0 Å². The van der Waals surface area contributed by atoms with Gasteiger partial charge in [-0.25, -0.2) is 0 Å². The van der Waals surface area contributed by atoms with Crippen LogP contribution in [-0.4, -0.2) is 0 Å². The van der Waals surface area contributed by atoms with Gasteiger partial charge in [-0.2, -0.15) is 0 Å². The van der Waals surface area contributed by atoms with Crippen molar-refractivity contribution in [2.45, 2.75) is 9.79 Å². The molecule has 0 bridgehead atoms. The number of benzene rings is 1. The SMILES string of the molecule is Sc1ccc(S)cc1.[H-].[H-].[Na+].[Na+]. The van der Waals surface area contributed by atoms with E-state index in [2.05, 4.69) is 25.3 Å². The Labute approximate surface area is 120 Å². The van der Waals surface area contributed by atoms with Crippen LogP contribution < -0.4 is 59.1 Å². The van der Waals surface area contributed by atoms with Crippen LogP contribution in [0.25, 0.3) is 0 Å². The first kappa shape index (κ1) is 14.4. The minimum Gasteiger partial charge on any atom is -1.00 e. The van der Waals surface area contributed by atoms with E-state index in [1.807, 2.05) is 24.3 Å². The van der Waals surface area contributed by atoms with Gasteiger partial charge in [0.25, 0.3) is 0 Å². The molecule has 1 aromatic carbocycles. The standard InChI is InChI=1S/C6H6S2.2Na.2H/c7-5-1-2-6(8)4-3-5;;;;/h1-4,7-8H;;;;/q;2*+1;2*-1. The van der Waals surface area contributed by atoms with E-state index in [-0.39, 0.29) is 62.0 Å². The molecule has 0 spiro atoms. The monoisotopic (exact) mass is 190 g/mol. The molecule has 10 heavy (non-hydrogen) atoms. The maximum Gasteiger partial charge on any atom is 1.00 e. The van der Waals surface area contributed by atoms with Gasteiger partial charge in [0.05, 0.1) is 0 Å². The fraction of sp³-hybridized carbons (Fsp3) is 0. The second kappa shape index (κ2) is 7.56. The largest absolute Gasteiger partial charge is 1.00 e. The summed E-state index contributed by atoms with van der Waals surface area (Å²) >= 11 is 8.20. The van der Waals surface area contributed by atoms with Crippen LogP contribution in [0.3, 0.4) is 0 Å². The molecular weight excluding hydrogens is 182 g/mol. The fourth-order valence-electron chi connectivity index (χ4n) is 0.453. The molecule has 0 aliphatic heterocycles. The molecule has 0 aromatic heterocycles. The molecule has 1 rings (SSSR count). The van der Waals surface area contributed by atoms with Gasteiger partial charge in [-0.05, 0) is 24.3 Å². The van der Waals surface area contributed by atoms with Gasteiger partial charge in [0.2, 0.25) is 0 Å². The molecule has 4 heteroatoms. The molecule has 1 aromatic rings. The summed E-state index contributed by atoms with van der Waals surface area (Å²) in [7, 11) is 0. The summed E-state index contributed by atoms with van der Waals surface area (Å²) in [5.41, 5.74) is 0. The molecule has 0 amide bonds. The van der Waals surface area contributed by atoms with Crippen molar-refractivity contribution in [1.82, 2.24) is 0 Å². The van der Waals surface area contributed by atoms with E-state index in [0.29, 0.717) is 0 Å². The van der Waals surface area contributed by atoms with E-state index in [1.54, 1.807) is 0 Å². The number of rotatable bonds is 0. The van der Waals surface area contributed by atoms with Crippen LogP contribution in [0.2, 0.25) is 0 Å². The van der Waals surface area contributed by atoms with Gasteiger partial charge >= 0.3 is 59.1 Å². The van der Waals surface area contributed by atoms with Crippen molar-refractivity contribution in [3.63, 3.8) is 0 Å². The molecular formula is C6H8Na2S2. The predicted molar refractivity (Wildman–Crippen MR) is 43.2 cm³/mol. The van der Waals surface area contributed by atoms with Gasteiger partial charge in [0.15, 0.2) is 0 Å². The van der Waals surface area contributed by atoms with Crippen LogP contribution in [0.15, 0.2) is 34.1 Å². The quantitative estimate of drug-likeness (QED) is 0.308. The molecule has 0 aliphatic carbocycles. The van der Waals surface area contributed by atoms with Crippen molar-refractivity contribution in [3.8, 4) is 0 Å². The molecule has 0 atom stereocenters. The van der Waals surface area contributed by atoms with Crippen molar-refractivity contribution in [2.75, 3.05) is 0 Å². The maximum absolute atomic E-state index is 4.10. The summed E-state index contributed by atoms with van der Waals surface area (Å²) < 4.78 is 0. The van der Waals surface area contributed by atoms with Crippen molar-refractivity contribution < 1.29 is 62.0 Å². The third-order valence-electron chi connectivity index (χ3n) is 0.850. The molecule has 0 saturated carbocycles. The van der Waals surface area contributed by atoms with E-state index in [9.17, 15) is 0 Å². The summed E-state index contributed by atoms with van der Waals surface area (Å²) in [6, 6.07) is 7.63. The Morgan fingerprint density at radius 3 is 1.20 bits per heavy atom. The molecule has 0 unspecified atom stereocenters. The first-order valence-electron chi connectivity index (χ1n) is 2.27. The first-order valence-corrected chi connectivity index (χ1v) is 3.16. The average Bonchev–Trinajstić information content (AvgIpc) is 1.77. The molecule has 0 aliphatic rings. The third kappa shape index (κ3) is 5.56. The molecule has 0 fully saturated rings. The second-order valence-electron chi connectivity index (χ2n) is 1.52. The van der Waals surface area contributed by atoms with Crippen molar-refractivity contribution >= 4 is 25.3 Å². The fourth-order valence-corrected chi connectivity index (χ4v) is 0.751. The van der Waals surface area contributed by atoms with Crippen molar-refractivity contribution in [3.05, 3.63) is 24.3 Å². The molecule has 46 valence electrons. The Morgan fingerprint density at radius 1 is 0.800 bits per heavy atom. The molecule has 0 radical (unpaired) electrons. The van der Waals surface area contributed by atoms with Gasteiger partial charge in [-0.3, -0.25) is 0 Å². The number of hydrogen-bond acceptors (Lipinski definition) is 2. The Hall–Kier alpha value is 1.92.